The van der Waals surface area contributed by atoms with Crippen LogP contribution in [-0.2, 0) is 12.7 Å². The van der Waals surface area contributed by atoms with Gasteiger partial charge in [-0.3, -0.25) is 0 Å². The molecule has 0 atom stereocenters. The number of halogens is 3. The van der Waals surface area contributed by atoms with Gasteiger partial charge in [-0.15, -0.1) is 0 Å². The largest absolute Gasteiger partial charge is 0.431 e. The summed E-state index contributed by atoms with van der Waals surface area (Å²) in [4.78, 5) is 2.22. The van der Waals surface area contributed by atoms with Crippen molar-refractivity contribution in [1.29, 1.82) is 0 Å². The van der Waals surface area contributed by atoms with Crippen molar-refractivity contribution >= 4 is 27.9 Å². The summed E-state index contributed by atoms with van der Waals surface area (Å²) in [5.74, 6) is 0. The van der Waals surface area contributed by atoms with Gasteiger partial charge in [0, 0.05) is 30.7 Å². The molecule has 0 radical (unpaired) electrons. The smallest absolute Gasteiger partial charge is 0.371 e. The fourth-order valence-electron chi connectivity index (χ4n) is 3.65. The molecule has 3 aromatic rings. The lowest BCUT2D eigenvalue weighted by atomic mass is 10.1. The Morgan fingerprint density at radius 3 is 2.46 bits per heavy atom. The fourth-order valence-corrected chi connectivity index (χ4v) is 4.31. The average molecular weight is 380 g/mol. The van der Waals surface area contributed by atoms with Crippen LogP contribution in [0.4, 0.5) is 18.9 Å². The van der Waals surface area contributed by atoms with Crippen LogP contribution in [0.15, 0.2) is 41.1 Å². The molecule has 0 unspecified atom stereocenters. The number of aromatic nitrogens is 1. The number of thiophene rings is 1. The first-order chi connectivity index (χ1) is 12.0. The van der Waals surface area contributed by atoms with Gasteiger partial charge in [0.15, 0.2) is 0 Å². The first kappa shape index (κ1) is 18.8. The number of piperidine rings is 1. The normalized spacial score (nSPS) is 15.3. The predicted molar refractivity (Wildman–Crippen MR) is 103 cm³/mol. The highest BCUT2D eigenvalue weighted by Gasteiger charge is 2.36. The molecule has 140 valence electrons. The third-order valence-corrected chi connectivity index (χ3v) is 5.56. The number of fused-ring (bicyclic) bond motifs is 1. The predicted octanol–water partition coefficient (Wildman–Crippen LogP) is 6.40. The molecule has 3 heterocycles. The van der Waals surface area contributed by atoms with Crippen molar-refractivity contribution in [3.05, 3.63) is 52.3 Å². The molecule has 0 bridgehead atoms. The van der Waals surface area contributed by atoms with Crippen LogP contribution in [0.25, 0.3) is 10.9 Å². The Bertz CT molecular complexity index is 859. The Labute approximate surface area is 155 Å². The molecular formula is C20H23F3N2S. The molecule has 0 aliphatic carbocycles. The quantitative estimate of drug-likeness (QED) is 0.511. The summed E-state index contributed by atoms with van der Waals surface area (Å²) in [6, 6.07) is 8.82. The van der Waals surface area contributed by atoms with Crippen molar-refractivity contribution in [2.75, 3.05) is 18.0 Å². The van der Waals surface area contributed by atoms with Crippen molar-refractivity contribution in [1.82, 2.24) is 4.57 Å². The van der Waals surface area contributed by atoms with E-state index in [1.807, 2.05) is 29.0 Å². The number of hydrogen-bond donors (Lipinski definition) is 0. The van der Waals surface area contributed by atoms with E-state index in [1.54, 1.807) is 6.07 Å². The Morgan fingerprint density at radius 1 is 1.04 bits per heavy atom. The molecule has 1 aromatic carbocycles. The summed E-state index contributed by atoms with van der Waals surface area (Å²) >= 11 is 1.50. The van der Waals surface area contributed by atoms with E-state index in [9.17, 15) is 13.2 Å². The van der Waals surface area contributed by atoms with Crippen LogP contribution in [0.3, 0.4) is 0 Å². The molecule has 1 aliphatic heterocycles. The molecule has 1 fully saturated rings. The number of nitrogens with zero attached hydrogens (tertiary/aromatic N) is 2. The van der Waals surface area contributed by atoms with E-state index in [2.05, 4.69) is 4.90 Å². The Kier molecular flexibility index (Phi) is 5.32. The van der Waals surface area contributed by atoms with Crippen molar-refractivity contribution in [2.24, 2.45) is 0 Å². The van der Waals surface area contributed by atoms with Gasteiger partial charge in [0.05, 0.1) is 5.52 Å². The van der Waals surface area contributed by atoms with Crippen LogP contribution in [-0.4, -0.2) is 17.7 Å². The first-order valence-electron chi connectivity index (χ1n) is 8.49. The van der Waals surface area contributed by atoms with E-state index in [0.29, 0.717) is 10.9 Å². The summed E-state index contributed by atoms with van der Waals surface area (Å²) < 4.78 is 42.4. The van der Waals surface area contributed by atoms with Crippen LogP contribution >= 0.6 is 11.3 Å². The molecule has 0 spiro atoms. The van der Waals surface area contributed by atoms with Gasteiger partial charge >= 0.3 is 6.18 Å². The van der Waals surface area contributed by atoms with Gasteiger partial charge in [0.25, 0.3) is 0 Å². The SMILES string of the molecule is C.FC(F)(F)c1cc2c(N3CCCCC3)cccc2n1Cc1ccsc1. The van der Waals surface area contributed by atoms with Gasteiger partial charge in [0.1, 0.15) is 5.69 Å². The summed E-state index contributed by atoms with van der Waals surface area (Å²) in [6.07, 6.45) is -0.982. The van der Waals surface area contributed by atoms with E-state index < -0.39 is 11.9 Å². The number of benzene rings is 1. The number of alkyl halides is 3. The van der Waals surface area contributed by atoms with Crippen molar-refractivity contribution < 1.29 is 13.2 Å². The average Bonchev–Trinajstić information content (AvgIpc) is 3.23. The maximum Gasteiger partial charge on any atom is 0.431 e. The van der Waals surface area contributed by atoms with Crippen LogP contribution in [0.2, 0.25) is 0 Å². The molecule has 2 aromatic heterocycles. The third kappa shape index (κ3) is 3.47. The van der Waals surface area contributed by atoms with E-state index in [4.69, 9.17) is 0 Å². The van der Waals surface area contributed by atoms with Crippen molar-refractivity contribution in [3.63, 3.8) is 0 Å². The highest BCUT2D eigenvalue weighted by Crippen LogP contribution is 2.38. The number of rotatable bonds is 3. The van der Waals surface area contributed by atoms with E-state index in [1.165, 1.54) is 28.4 Å². The molecule has 6 heteroatoms. The lowest BCUT2D eigenvalue weighted by Gasteiger charge is -2.29. The lowest BCUT2D eigenvalue weighted by Crippen LogP contribution is -2.29. The minimum atomic E-state index is -4.37. The molecule has 2 nitrogen and oxygen atoms in total. The molecular weight excluding hydrogens is 357 g/mol. The van der Waals surface area contributed by atoms with E-state index >= 15 is 0 Å². The van der Waals surface area contributed by atoms with E-state index in [-0.39, 0.29) is 14.0 Å². The summed E-state index contributed by atoms with van der Waals surface area (Å²) in [7, 11) is 0. The van der Waals surface area contributed by atoms with Crippen LogP contribution in [0.1, 0.15) is 37.9 Å². The standard InChI is InChI=1S/C19H19F3N2S.CH4/c20-19(21,22)18-11-15-16(23-8-2-1-3-9-23)5-4-6-17(15)24(18)12-14-7-10-25-13-14;/h4-7,10-11,13H,1-3,8-9,12H2;1H4. The molecule has 26 heavy (non-hydrogen) atoms. The zero-order valence-electron chi connectivity index (χ0n) is 13.7. The molecule has 1 aliphatic rings. The van der Waals surface area contributed by atoms with Crippen molar-refractivity contribution in [3.8, 4) is 0 Å². The molecule has 4 rings (SSSR count). The van der Waals surface area contributed by atoms with Gasteiger partial charge in [-0.1, -0.05) is 13.5 Å². The molecule has 0 amide bonds. The summed E-state index contributed by atoms with van der Waals surface area (Å²) in [6.45, 7) is 2.07. The zero-order valence-corrected chi connectivity index (χ0v) is 14.5. The fraction of sp³-hybridized carbons (Fsp3) is 0.400. The van der Waals surface area contributed by atoms with Crippen molar-refractivity contribution in [2.45, 2.75) is 39.4 Å². The van der Waals surface area contributed by atoms with Gasteiger partial charge in [0.2, 0.25) is 0 Å². The highest BCUT2D eigenvalue weighted by molar-refractivity contribution is 7.07. The monoisotopic (exact) mass is 380 g/mol. The maximum absolute atomic E-state index is 13.7. The third-order valence-electron chi connectivity index (χ3n) is 4.83. The zero-order chi connectivity index (χ0) is 17.4. The molecule has 0 N–H and O–H groups in total. The topological polar surface area (TPSA) is 8.17 Å². The highest BCUT2D eigenvalue weighted by atomic mass is 32.1. The number of anilines is 1. The second-order valence-corrected chi connectivity index (χ2v) is 7.28. The minimum Gasteiger partial charge on any atom is -0.371 e. The van der Waals surface area contributed by atoms with Gasteiger partial charge < -0.3 is 9.47 Å². The van der Waals surface area contributed by atoms with Crippen LogP contribution < -0.4 is 4.90 Å². The summed E-state index contributed by atoms with van der Waals surface area (Å²) in [5, 5.41) is 4.50. The Hall–Kier alpha value is -1.95. The first-order valence-corrected chi connectivity index (χ1v) is 9.44. The van der Waals surface area contributed by atoms with Crippen LogP contribution in [0, 0.1) is 0 Å². The number of hydrogen-bond acceptors (Lipinski definition) is 2. The maximum atomic E-state index is 13.7. The van der Waals surface area contributed by atoms with Gasteiger partial charge in [-0.05, 0) is 59.9 Å². The molecule has 0 saturated carbocycles. The Balaban J connectivity index is 0.00000196. The summed E-state index contributed by atoms with van der Waals surface area (Å²) in [5.41, 5.74) is 1.91. The van der Waals surface area contributed by atoms with Gasteiger partial charge in [-0.25, -0.2) is 0 Å². The van der Waals surface area contributed by atoms with Crippen LogP contribution in [0.5, 0.6) is 0 Å². The molecule has 1 saturated heterocycles. The lowest BCUT2D eigenvalue weighted by molar-refractivity contribution is -0.143. The minimum absolute atomic E-state index is 0. The second kappa shape index (κ2) is 7.35. The second-order valence-electron chi connectivity index (χ2n) is 6.50. The Morgan fingerprint density at radius 2 is 1.81 bits per heavy atom. The van der Waals surface area contributed by atoms with Gasteiger partial charge in [-0.2, -0.15) is 24.5 Å². The van der Waals surface area contributed by atoms with E-state index in [0.717, 1.165) is 37.2 Å².